The average molecular weight is 435 g/mol. The summed E-state index contributed by atoms with van der Waals surface area (Å²) in [6.07, 6.45) is 4.87. The van der Waals surface area contributed by atoms with Gasteiger partial charge in [0.25, 0.3) is 0 Å². The molecule has 30 heavy (non-hydrogen) atoms. The Balaban J connectivity index is 0.00000218. The van der Waals surface area contributed by atoms with E-state index in [9.17, 15) is 0 Å². The van der Waals surface area contributed by atoms with Crippen molar-refractivity contribution >= 4 is 28.4 Å². The Hall–Kier alpha value is -2.19. The van der Waals surface area contributed by atoms with E-state index in [1.165, 1.54) is 4.88 Å². The molecule has 0 aromatic carbocycles. The van der Waals surface area contributed by atoms with E-state index in [2.05, 4.69) is 57.5 Å². The normalized spacial score (nSPS) is 10.6. The number of ether oxygens (including phenoxy) is 1. The summed E-state index contributed by atoms with van der Waals surface area (Å²) in [7, 11) is 1.89. The van der Waals surface area contributed by atoms with E-state index in [1.807, 2.05) is 33.0 Å². The number of hydrazone groups is 1. The fraction of sp³-hybridized carbons (Fsp3) is 0.591. The first kappa shape index (κ1) is 25.8. The summed E-state index contributed by atoms with van der Waals surface area (Å²) in [5.74, 6) is 0.879. The minimum atomic E-state index is 0.385. The molecule has 7 nitrogen and oxygen atoms in total. The quantitative estimate of drug-likeness (QED) is 0.268. The van der Waals surface area contributed by atoms with Crippen molar-refractivity contribution in [3.63, 3.8) is 0 Å². The van der Waals surface area contributed by atoms with Crippen molar-refractivity contribution in [3.05, 3.63) is 28.8 Å². The molecule has 0 amide bonds. The van der Waals surface area contributed by atoms with Crippen LogP contribution in [0.15, 0.2) is 23.3 Å². The summed E-state index contributed by atoms with van der Waals surface area (Å²) >= 11 is 1.71. The predicted octanol–water partition coefficient (Wildman–Crippen LogP) is 4.80. The number of hydrogen-bond donors (Lipinski definition) is 2. The summed E-state index contributed by atoms with van der Waals surface area (Å²) in [6.45, 7) is 13.7. The number of thiophene rings is 1. The van der Waals surface area contributed by atoms with Gasteiger partial charge in [-0.2, -0.15) is 15.1 Å². The average Bonchev–Trinajstić information content (AvgIpc) is 3.23. The first-order valence-electron chi connectivity index (χ1n) is 11.0. The molecule has 0 saturated heterocycles. The van der Waals surface area contributed by atoms with E-state index in [1.54, 1.807) is 17.6 Å². The molecule has 0 aliphatic carbocycles. The van der Waals surface area contributed by atoms with Gasteiger partial charge >= 0.3 is 6.01 Å². The van der Waals surface area contributed by atoms with Gasteiger partial charge in [-0.05, 0) is 38.4 Å². The Bertz CT molecular complexity index is 728. The van der Waals surface area contributed by atoms with Gasteiger partial charge in [0.15, 0.2) is 0 Å². The SMILES string of the molecule is CC.CCCN(CCC)c1cc(/C=N/Nc2ccc(CC)s2)nc(OCCNC)n1. The summed E-state index contributed by atoms with van der Waals surface area (Å²) in [4.78, 5) is 12.7. The molecule has 168 valence electrons. The number of likely N-dealkylation sites (N-methyl/N-ethyl adjacent to an activating group) is 1. The van der Waals surface area contributed by atoms with Crippen LogP contribution in [0.4, 0.5) is 10.8 Å². The lowest BCUT2D eigenvalue weighted by Crippen LogP contribution is -2.26. The highest BCUT2D eigenvalue weighted by Gasteiger charge is 2.11. The van der Waals surface area contributed by atoms with Crippen molar-refractivity contribution in [2.45, 2.75) is 53.9 Å². The van der Waals surface area contributed by atoms with Gasteiger partial charge in [0, 0.05) is 30.6 Å². The van der Waals surface area contributed by atoms with Crippen LogP contribution in [-0.2, 0) is 6.42 Å². The van der Waals surface area contributed by atoms with Gasteiger partial charge in [0.2, 0.25) is 0 Å². The molecule has 8 heteroatoms. The molecule has 0 saturated carbocycles. The maximum absolute atomic E-state index is 5.73. The van der Waals surface area contributed by atoms with Gasteiger partial charge in [-0.3, -0.25) is 5.43 Å². The zero-order valence-corrected chi connectivity index (χ0v) is 20.2. The Morgan fingerprint density at radius 2 is 1.87 bits per heavy atom. The van der Waals surface area contributed by atoms with Crippen LogP contribution in [0.1, 0.15) is 58.0 Å². The standard InChI is InChI=1S/C20H32N6OS.C2H6/c1-5-11-26(12-6-2)18-14-16(23-20(24-18)27-13-10-21-4)15-22-25-19-9-8-17(7-3)28-19;1-2/h8-9,14-15,21,25H,5-7,10-13H2,1-4H3;1-2H3/b22-15+;. The summed E-state index contributed by atoms with van der Waals surface area (Å²) in [5, 5.41) is 8.43. The lowest BCUT2D eigenvalue weighted by Gasteiger charge is -2.23. The molecule has 0 unspecified atom stereocenters. The number of hydrogen-bond acceptors (Lipinski definition) is 8. The van der Waals surface area contributed by atoms with E-state index in [-0.39, 0.29) is 0 Å². The minimum Gasteiger partial charge on any atom is -0.462 e. The van der Waals surface area contributed by atoms with Crippen molar-refractivity contribution in [2.75, 3.05) is 43.6 Å². The van der Waals surface area contributed by atoms with Crippen molar-refractivity contribution in [2.24, 2.45) is 5.10 Å². The van der Waals surface area contributed by atoms with Crippen LogP contribution in [0.25, 0.3) is 0 Å². The Kier molecular flexibility index (Phi) is 13.5. The van der Waals surface area contributed by atoms with Gasteiger partial charge in [0.1, 0.15) is 17.4 Å². The predicted molar refractivity (Wildman–Crippen MR) is 131 cm³/mol. The molecule has 0 fully saturated rings. The fourth-order valence-corrected chi connectivity index (χ4v) is 3.44. The van der Waals surface area contributed by atoms with Crippen LogP contribution < -0.4 is 20.4 Å². The summed E-state index contributed by atoms with van der Waals surface area (Å²) in [5.41, 5.74) is 3.81. The first-order valence-corrected chi connectivity index (χ1v) is 11.8. The Morgan fingerprint density at radius 3 is 2.47 bits per heavy atom. The topological polar surface area (TPSA) is 74.7 Å². The highest BCUT2D eigenvalue weighted by atomic mass is 32.1. The molecule has 2 rings (SSSR count). The fourth-order valence-electron chi connectivity index (χ4n) is 2.64. The van der Waals surface area contributed by atoms with Crippen molar-refractivity contribution in [1.82, 2.24) is 15.3 Å². The minimum absolute atomic E-state index is 0.385. The van der Waals surface area contributed by atoms with Gasteiger partial charge in [-0.1, -0.05) is 34.6 Å². The summed E-state index contributed by atoms with van der Waals surface area (Å²) < 4.78 is 5.73. The van der Waals surface area contributed by atoms with Crippen molar-refractivity contribution in [1.29, 1.82) is 0 Å². The molecule has 2 heterocycles. The molecule has 0 spiro atoms. The number of nitrogens with one attached hydrogen (secondary N) is 2. The zero-order chi connectivity index (χ0) is 22.2. The molecule has 2 N–H and O–H groups in total. The van der Waals surface area contributed by atoms with Gasteiger partial charge in [-0.25, -0.2) is 0 Å². The van der Waals surface area contributed by atoms with Crippen LogP contribution >= 0.6 is 11.3 Å². The largest absolute Gasteiger partial charge is 0.462 e. The van der Waals surface area contributed by atoms with Gasteiger partial charge < -0.3 is 15.0 Å². The lowest BCUT2D eigenvalue weighted by molar-refractivity contribution is 0.293. The van der Waals surface area contributed by atoms with Gasteiger partial charge in [0.05, 0.1) is 11.9 Å². The molecular formula is C22H38N6OS. The van der Waals surface area contributed by atoms with Crippen LogP contribution in [0.3, 0.4) is 0 Å². The van der Waals surface area contributed by atoms with Crippen LogP contribution in [-0.4, -0.2) is 49.5 Å². The van der Waals surface area contributed by atoms with Crippen LogP contribution in [0.5, 0.6) is 6.01 Å². The monoisotopic (exact) mass is 434 g/mol. The number of aromatic nitrogens is 2. The maximum atomic E-state index is 5.73. The second-order valence-corrected chi connectivity index (χ2v) is 7.53. The molecule has 0 radical (unpaired) electrons. The van der Waals surface area contributed by atoms with E-state index in [4.69, 9.17) is 4.74 Å². The van der Waals surface area contributed by atoms with Gasteiger partial charge in [-0.15, -0.1) is 11.3 Å². The van der Waals surface area contributed by atoms with E-state index in [0.29, 0.717) is 12.6 Å². The Morgan fingerprint density at radius 1 is 1.13 bits per heavy atom. The number of anilines is 2. The number of aryl methyl sites for hydroxylation is 1. The third kappa shape index (κ3) is 9.09. The molecule has 0 atom stereocenters. The van der Waals surface area contributed by atoms with Crippen molar-refractivity contribution < 1.29 is 4.74 Å². The molecule has 2 aromatic rings. The summed E-state index contributed by atoms with van der Waals surface area (Å²) in [6, 6.07) is 6.51. The highest BCUT2D eigenvalue weighted by Crippen LogP contribution is 2.22. The molecule has 0 bridgehead atoms. The second kappa shape index (κ2) is 15.6. The highest BCUT2D eigenvalue weighted by molar-refractivity contribution is 7.16. The Labute approximate surface area is 186 Å². The smallest absolute Gasteiger partial charge is 0.319 e. The van der Waals surface area contributed by atoms with Crippen LogP contribution in [0, 0.1) is 0 Å². The third-order valence-corrected chi connectivity index (χ3v) is 5.12. The third-order valence-electron chi connectivity index (χ3n) is 3.99. The van der Waals surface area contributed by atoms with Crippen LogP contribution in [0.2, 0.25) is 0 Å². The van der Waals surface area contributed by atoms with Crippen molar-refractivity contribution in [3.8, 4) is 6.01 Å². The number of nitrogens with zero attached hydrogens (tertiary/aromatic N) is 4. The van der Waals surface area contributed by atoms with E-state index < -0.39 is 0 Å². The van der Waals surface area contributed by atoms with E-state index >= 15 is 0 Å². The first-order chi connectivity index (χ1) is 14.7. The molecule has 0 aliphatic rings. The zero-order valence-electron chi connectivity index (χ0n) is 19.4. The number of rotatable bonds is 13. The maximum Gasteiger partial charge on any atom is 0.319 e. The molecular weight excluding hydrogens is 396 g/mol. The second-order valence-electron chi connectivity index (χ2n) is 6.36. The van der Waals surface area contributed by atoms with E-state index in [0.717, 1.165) is 55.4 Å². The molecule has 0 aliphatic heterocycles. The molecule has 2 aromatic heterocycles. The lowest BCUT2D eigenvalue weighted by atomic mass is 10.3.